The van der Waals surface area contributed by atoms with Crippen LogP contribution in [0.25, 0.3) is 0 Å². The minimum absolute atomic E-state index is 0.187. The first kappa shape index (κ1) is 40.0. The maximum atomic E-state index is 12.4. The molecule has 7 heteroatoms. The molecule has 4 aliphatic rings. The highest BCUT2D eigenvalue weighted by molar-refractivity contribution is 5.77. The van der Waals surface area contributed by atoms with Crippen LogP contribution >= 0.6 is 0 Å². The zero-order valence-electron chi connectivity index (χ0n) is 31.2. The van der Waals surface area contributed by atoms with Gasteiger partial charge in [0.1, 0.15) is 6.61 Å². The topological polar surface area (TPSA) is 56.3 Å². The number of rotatable bonds is 10. The number of piperidine rings is 4. The zero-order valence-corrected chi connectivity index (χ0v) is 31.2. The zero-order chi connectivity index (χ0) is 33.4. The Hall–Kier alpha value is -1.18. The SMILES string of the molecule is CC.CC(C)C1CCN(C(=O)COCC2CCN(C(C)C)CC2)CC1.CCC1CCN(C(=O)CC2CCN(C(C)C)CC2)CC1. The first-order valence-corrected chi connectivity index (χ1v) is 19.2. The van der Waals surface area contributed by atoms with Crippen LogP contribution < -0.4 is 0 Å². The van der Waals surface area contributed by atoms with Gasteiger partial charge >= 0.3 is 0 Å². The molecule has 0 aromatic carbocycles. The average Bonchev–Trinajstić information content (AvgIpc) is 3.06. The predicted octanol–water partition coefficient (Wildman–Crippen LogP) is 7.19. The minimum Gasteiger partial charge on any atom is -0.371 e. The van der Waals surface area contributed by atoms with Gasteiger partial charge in [0.25, 0.3) is 0 Å². The summed E-state index contributed by atoms with van der Waals surface area (Å²) in [5, 5.41) is 0. The molecule has 4 fully saturated rings. The fraction of sp³-hybridized carbons (Fsp3) is 0.947. The number of amides is 2. The molecule has 4 heterocycles. The first-order valence-electron chi connectivity index (χ1n) is 19.2. The predicted molar refractivity (Wildman–Crippen MR) is 189 cm³/mol. The van der Waals surface area contributed by atoms with Crippen molar-refractivity contribution in [2.24, 2.45) is 29.6 Å². The highest BCUT2D eigenvalue weighted by atomic mass is 16.5. The maximum absolute atomic E-state index is 12.4. The Kier molecular flexibility index (Phi) is 19.2. The van der Waals surface area contributed by atoms with E-state index < -0.39 is 0 Å². The average molecular weight is 635 g/mol. The van der Waals surface area contributed by atoms with Crippen LogP contribution in [0.4, 0.5) is 0 Å². The largest absolute Gasteiger partial charge is 0.371 e. The summed E-state index contributed by atoms with van der Waals surface area (Å²) in [5.41, 5.74) is 0. The van der Waals surface area contributed by atoms with Gasteiger partial charge < -0.3 is 24.3 Å². The van der Waals surface area contributed by atoms with Crippen LogP contribution in [0.3, 0.4) is 0 Å². The van der Waals surface area contributed by atoms with Crippen LogP contribution in [0.15, 0.2) is 0 Å². The Labute approximate surface area is 279 Å². The number of likely N-dealkylation sites (tertiary alicyclic amines) is 4. The summed E-state index contributed by atoms with van der Waals surface area (Å²) in [5.74, 6) is 4.24. The highest BCUT2D eigenvalue weighted by Gasteiger charge is 2.28. The summed E-state index contributed by atoms with van der Waals surface area (Å²) >= 11 is 0. The van der Waals surface area contributed by atoms with Crippen molar-refractivity contribution >= 4 is 11.8 Å². The smallest absolute Gasteiger partial charge is 0.248 e. The lowest BCUT2D eigenvalue weighted by molar-refractivity contribution is -0.138. The Balaban J connectivity index is 0.000000300. The second kappa shape index (κ2) is 21.6. The number of hydrogen-bond donors (Lipinski definition) is 0. The lowest BCUT2D eigenvalue weighted by atomic mass is 9.87. The van der Waals surface area contributed by atoms with Crippen LogP contribution in [0.5, 0.6) is 0 Å². The van der Waals surface area contributed by atoms with E-state index in [-0.39, 0.29) is 12.5 Å². The summed E-state index contributed by atoms with van der Waals surface area (Å²) in [7, 11) is 0. The van der Waals surface area contributed by atoms with E-state index in [1.807, 2.05) is 18.7 Å². The molecule has 0 bridgehead atoms. The molecule has 0 saturated carbocycles. The second-order valence-corrected chi connectivity index (χ2v) is 15.1. The van der Waals surface area contributed by atoms with Crippen LogP contribution in [0, 0.1) is 29.6 Å². The van der Waals surface area contributed by atoms with Crippen molar-refractivity contribution in [1.82, 2.24) is 19.6 Å². The van der Waals surface area contributed by atoms with E-state index in [1.54, 1.807) is 0 Å². The van der Waals surface area contributed by atoms with E-state index in [0.29, 0.717) is 29.8 Å². The molecule has 2 amide bonds. The van der Waals surface area contributed by atoms with Crippen molar-refractivity contribution in [1.29, 1.82) is 0 Å². The molecule has 0 spiro atoms. The van der Waals surface area contributed by atoms with Crippen molar-refractivity contribution in [3.05, 3.63) is 0 Å². The van der Waals surface area contributed by atoms with Gasteiger partial charge in [0, 0.05) is 44.7 Å². The Morgan fingerprint density at radius 2 is 1.02 bits per heavy atom. The van der Waals surface area contributed by atoms with E-state index in [0.717, 1.165) is 69.8 Å². The van der Waals surface area contributed by atoms with Gasteiger partial charge in [-0.15, -0.1) is 0 Å². The molecular weight excluding hydrogens is 560 g/mol. The van der Waals surface area contributed by atoms with Crippen molar-refractivity contribution in [3.8, 4) is 0 Å². The molecular formula is C38H74N4O3. The summed E-state index contributed by atoms with van der Waals surface area (Å²) in [6.45, 7) is 29.4. The fourth-order valence-electron chi connectivity index (χ4n) is 7.50. The van der Waals surface area contributed by atoms with E-state index in [1.165, 1.54) is 71.1 Å². The molecule has 0 atom stereocenters. The number of hydrogen-bond acceptors (Lipinski definition) is 5. The maximum Gasteiger partial charge on any atom is 0.248 e. The quantitative estimate of drug-likeness (QED) is 0.255. The standard InChI is InChI=1S/C19H36N2O2.C17H32N2O.C2H6/c1-15(2)18-7-11-21(12-8-18)19(22)14-23-13-17-5-9-20(10-6-17)16(3)4;1-4-15-5-11-19(12-6-15)17(20)13-16-7-9-18(10-8-16)14(2)3;1-2/h15-18H,5-14H2,1-4H3;14-16H,4-13H2,1-3H3;1-2H3. The Bertz CT molecular complexity index is 787. The Morgan fingerprint density at radius 1 is 0.600 bits per heavy atom. The third-order valence-corrected chi connectivity index (χ3v) is 11.2. The number of carbonyl (C=O) groups excluding carboxylic acids is 2. The molecule has 0 unspecified atom stereocenters. The second-order valence-electron chi connectivity index (χ2n) is 15.1. The Morgan fingerprint density at radius 3 is 1.47 bits per heavy atom. The van der Waals surface area contributed by atoms with Crippen molar-refractivity contribution in [2.75, 3.05) is 65.6 Å². The lowest BCUT2D eigenvalue weighted by Crippen LogP contribution is -2.42. The van der Waals surface area contributed by atoms with Crippen LogP contribution in [-0.4, -0.2) is 109 Å². The fourth-order valence-corrected chi connectivity index (χ4v) is 7.50. The van der Waals surface area contributed by atoms with Crippen LogP contribution in [0.1, 0.15) is 127 Å². The van der Waals surface area contributed by atoms with Crippen molar-refractivity contribution in [2.45, 2.75) is 139 Å². The summed E-state index contributed by atoms with van der Waals surface area (Å²) < 4.78 is 5.75. The third-order valence-electron chi connectivity index (χ3n) is 11.2. The minimum atomic E-state index is 0.187. The molecule has 0 N–H and O–H groups in total. The van der Waals surface area contributed by atoms with E-state index >= 15 is 0 Å². The summed E-state index contributed by atoms with van der Waals surface area (Å²) in [6.07, 6.45) is 11.6. The number of nitrogens with zero attached hydrogens (tertiary/aromatic N) is 4. The molecule has 7 nitrogen and oxygen atoms in total. The molecule has 45 heavy (non-hydrogen) atoms. The molecule has 4 rings (SSSR count). The van der Waals surface area contributed by atoms with Gasteiger partial charge in [0.15, 0.2) is 0 Å². The normalized spacial score (nSPS) is 22.0. The number of carbonyl (C=O) groups is 2. The van der Waals surface area contributed by atoms with Crippen LogP contribution in [-0.2, 0) is 14.3 Å². The summed E-state index contributed by atoms with van der Waals surface area (Å²) in [6, 6.07) is 1.30. The highest BCUT2D eigenvalue weighted by Crippen LogP contribution is 2.26. The van der Waals surface area contributed by atoms with Gasteiger partial charge in [-0.3, -0.25) is 9.59 Å². The molecule has 264 valence electrons. The lowest BCUT2D eigenvalue weighted by Gasteiger charge is -2.36. The monoisotopic (exact) mass is 635 g/mol. The number of ether oxygens (including phenoxy) is 1. The van der Waals surface area contributed by atoms with E-state index in [9.17, 15) is 9.59 Å². The van der Waals surface area contributed by atoms with Gasteiger partial charge in [-0.25, -0.2) is 0 Å². The van der Waals surface area contributed by atoms with E-state index in [2.05, 4.69) is 63.2 Å². The molecule has 4 saturated heterocycles. The van der Waals surface area contributed by atoms with Gasteiger partial charge in [-0.05, 0) is 135 Å². The summed E-state index contributed by atoms with van der Waals surface area (Å²) in [4.78, 5) is 33.8. The van der Waals surface area contributed by atoms with Gasteiger partial charge in [0.2, 0.25) is 11.8 Å². The van der Waals surface area contributed by atoms with E-state index in [4.69, 9.17) is 4.74 Å². The molecule has 0 aromatic heterocycles. The van der Waals surface area contributed by atoms with Crippen LogP contribution in [0.2, 0.25) is 0 Å². The molecule has 4 aliphatic heterocycles. The first-order chi connectivity index (χ1) is 21.6. The molecule has 0 aliphatic carbocycles. The van der Waals surface area contributed by atoms with Gasteiger partial charge in [0.05, 0.1) is 6.61 Å². The van der Waals surface area contributed by atoms with Gasteiger partial charge in [-0.2, -0.15) is 0 Å². The van der Waals surface area contributed by atoms with Gasteiger partial charge in [-0.1, -0.05) is 41.0 Å². The molecule has 0 radical (unpaired) electrons. The van der Waals surface area contributed by atoms with Crippen molar-refractivity contribution < 1.29 is 14.3 Å². The third kappa shape index (κ3) is 14.2. The van der Waals surface area contributed by atoms with Crippen molar-refractivity contribution in [3.63, 3.8) is 0 Å². The molecule has 0 aromatic rings.